The van der Waals surface area contributed by atoms with Gasteiger partial charge in [0.25, 0.3) is 11.8 Å². The van der Waals surface area contributed by atoms with Crippen molar-refractivity contribution in [3.63, 3.8) is 0 Å². The predicted molar refractivity (Wildman–Crippen MR) is 102 cm³/mol. The summed E-state index contributed by atoms with van der Waals surface area (Å²) in [5.41, 5.74) is 2.50. The van der Waals surface area contributed by atoms with E-state index < -0.39 is 23.4 Å². The van der Waals surface area contributed by atoms with Gasteiger partial charge >= 0.3 is 6.03 Å². The highest BCUT2D eigenvalue weighted by atomic mass is 16.5. The van der Waals surface area contributed by atoms with Crippen molar-refractivity contribution >= 4 is 17.8 Å². The second kappa shape index (κ2) is 7.92. The molecule has 0 bridgehead atoms. The van der Waals surface area contributed by atoms with Crippen LogP contribution in [0.15, 0.2) is 24.8 Å². The number of urea groups is 1. The molecule has 2 fully saturated rings. The molecule has 1 saturated heterocycles. The number of carbonyl (C=O) groups is 3. The zero-order valence-electron chi connectivity index (χ0n) is 16.2. The highest BCUT2D eigenvalue weighted by molar-refractivity contribution is 6.09. The van der Waals surface area contributed by atoms with Gasteiger partial charge in [-0.15, -0.1) is 6.58 Å². The average molecular weight is 387 g/mol. The first-order chi connectivity index (χ1) is 13.5. The Bertz CT molecular complexity index is 814. The normalized spacial score (nSPS) is 18.0. The van der Waals surface area contributed by atoms with Gasteiger partial charge in [-0.1, -0.05) is 25.3 Å². The van der Waals surface area contributed by atoms with Crippen LogP contribution in [0.5, 0.6) is 11.5 Å². The standard InChI is InChI=1S/C20H25N3O5/c1-4-8-13-11-14(12-15(27-2)16(13)28-3)17(24)22-23-18(25)20(21-19(23)26)9-6-5-7-10-20/h4,11-12H,1,5-10H2,2-3H3,(H,21,26)(H,22,24). The summed E-state index contributed by atoms with van der Waals surface area (Å²) in [5, 5.41) is 3.55. The monoisotopic (exact) mass is 387 g/mol. The summed E-state index contributed by atoms with van der Waals surface area (Å²) in [6.45, 7) is 3.71. The summed E-state index contributed by atoms with van der Waals surface area (Å²) in [6.07, 6.45) is 6.10. The topological polar surface area (TPSA) is 97.0 Å². The molecule has 3 rings (SSSR count). The van der Waals surface area contributed by atoms with Gasteiger partial charge in [0.05, 0.1) is 14.2 Å². The molecule has 2 aliphatic rings. The third kappa shape index (κ3) is 3.42. The first kappa shape index (κ1) is 19.7. The van der Waals surface area contributed by atoms with Crippen LogP contribution >= 0.6 is 0 Å². The molecule has 1 aromatic carbocycles. The maximum atomic E-state index is 12.8. The lowest BCUT2D eigenvalue weighted by molar-refractivity contribution is -0.134. The number of nitrogens with one attached hydrogen (secondary N) is 2. The Hall–Kier alpha value is -3.03. The minimum Gasteiger partial charge on any atom is -0.493 e. The smallest absolute Gasteiger partial charge is 0.344 e. The number of nitrogens with zero attached hydrogens (tertiary/aromatic N) is 1. The molecule has 1 heterocycles. The zero-order chi connectivity index (χ0) is 20.3. The number of hydrogen-bond donors (Lipinski definition) is 2. The molecule has 28 heavy (non-hydrogen) atoms. The third-order valence-corrected chi connectivity index (χ3v) is 5.26. The van der Waals surface area contributed by atoms with E-state index >= 15 is 0 Å². The minimum absolute atomic E-state index is 0.250. The quantitative estimate of drug-likeness (QED) is 0.577. The molecule has 1 spiro atoms. The lowest BCUT2D eigenvalue weighted by Crippen LogP contribution is -2.50. The molecule has 1 saturated carbocycles. The van der Waals surface area contributed by atoms with Crippen molar-refractivity contribution in [1.82, 2.24) is 15.8 Å². The highest BCUT2D eigenvalue weighted by Crippen LogP contribution is 2.34. The van der Waals surface area contributed by atoms with Crippen molar-refractivity contribution < 1.29 is 23.9 Å². The fraction of sp³-hybridized carbons (Fsp3) is 0.450. The molecule has 1 aliphatic carbocycles. The van der Waals surface area contributed by atoms with Crippen LogP contribution in [0, 0.1) is 0 Å². The predicted octanol–water partition coefficient (Wildman–Crippen LogP) is 2.33. The van der Waals surface area contributed by atoms with E-state index in [-0.39, 0.29) is 5.56 Å². The molecule has 2 N–H and O–H groups in total. The van der Waals surface area contributed by atoms with Gasteiger partial charge in [0.1, 0.15) is 5.54 Å². The largest absolute Gasteiger partial charge is 0.493 e. The molecular formula is C20H25N3O5. The van der Waals surface area contributed by atoms with Crippen LogP contribution in [-0.2, 0) is 11.2 Å². The maximum Gasteiger partial charge on any atom is 0.344 e. The highest BCUT2D eigenvalue weighted by Gasteiger charge is 2.52. The lowest BCUT2D eigenvalue weighted by atomic mass is 9.82. The van der Waals surface area contributed by atoms with Crippen molar-refractivity contribution in [3.05, 3.63) is 35.9 Å². The first-order valence-corrected chi connectivity index (χ1v) is 9.29. The van der Waals surface area contributed by atoms with Crippen LogP contribution in [0.4, 0.5) is 4.79 Å². The van der Waals surface area contributed by atoms with E-state index in [1.807, 2.05) is 0 Å². The van der Waals surface area contributed by atoms with Crippen LogP contribution in [-0.4, -0.2) is 42.6 Å². The van der Waals surface area contributed by atoms with Crippen LogP contribution in [0.1, 0.15) is 48.0 Å². The molecule has 8 heteroatoms. The molecule has 0 unspecified atom stereocenters. The van der Waals surface area contributed by atoms with E-state index in [9.17, 15) is 14.4 Å². The van der Waals surface area contributed by atoms with E-state index in [4.69, 9.17) is 9.47 Å². The molecule has 1 aliphatic heterocycles. The van der Waals surface area contributed by atoms with Crippen molar-refractivity contribution in [2.24, 2.45) is 0 Å². The molecule has 0 radical (unpaired) electrons. The van der Waals surface area contributed by atoms with Gasteiger partial charge < -0.3 is 14.8 Å². The fourth-order valence-electron chi connectivity index (χ4n) is 3.86. The first-order valence-electron chi connectivity index (χ1n) is 9.29. The number of amides is 4. The third-order valence-electron chi connectivity index (χ3n) is 5.26. The van der Waals surface area contributed by atoms with E-state index in [2.05, 4.69) is 17.3 Å². The molecular weight excluding hydrogens is 362 g/mol. The molecule has 8 nitrogen and oxygen atoms in total. The Labute approximate surface area is 163 Å². The van der Waals surface area contributed by atoms with Crippen LogP contribution < -0.4 is 20.2 Å². The maximum absolute atomic E-state index is 12.8. The summed E-state index contributed by atoms with van der Waals surface area (Å²) in [7, 11) is 2.99. The van der Waals surface area contributed by atoms with Gasteiger partial charge in [0.15, 0.2) is 11.5 Å². The number of ether oxygens (including phenoxy) is 2. The fourth-order valence-corrected chi connectivity index (χ4v) is 3.86. The number of carbonyl (C=O) groups excluding carboxylic acids is 3. The number of hydrazine groups is 1. The number of benzene rings is 1. The SMILES string of the molecule is C=CCc1cc(C(=O)NN2C(=O)NC3(CCCCC3)C2=O)cc(OC)c1OC. The Morgan fingerprint density at radius 3 is 2.57 bits per heavy atom. The second-order valence-electron chi connectivity index (χ2n) is 7.02. The molecule has 0 atom stereocenters. The number of imide groups is 1. The average Bonchev–Trinajstić information content (AvgIpc) is 2.91. The van der Waals surface area contributed by atoms with E-state index in [1.165, 1.54) is 20.3 Å². The second-order valence-corrected chi connectivity index (χ2v) is 7.02. The van der Waals surface area contributed by atoms with Crippen molar-refractivity contribution in [3.8, 4) is 11.5 Å². The van der Waals surface area contributed by atoms with Crippen LogP contribution in [0.25, 0.3) is 0 Å². The van der Waals surface area contributed by atoms with Gasteiger partial charge in [-0.2, -0.15) is 5.01 Å². The Kier molecular flexibility index (Phi) is 5.58. The van der Waals surface area contributed by atoms with E-state index in [0.717, 1.165) is 24.3 Å². The van der Waals surface area contributed by atoms with Gasteiger partial charge in [-0.3, -0.25) is 15.0 Å². The van der Waals surface area contributed by atoms with Crippen LogP contribution in [0.3, 0.4) is 0 Å². The Morgan fingerprint density at radius 1 is 1.25 bits per heavy atom. The van der Waals surface area contributed by atoms with Crippen molar-refractivity contribution in [2.75, 3.05) is 14.2 Å². The number of hydrogen-bond acceptors (Lipinski definition) is 5. The van der Waals surface area contributed by atoms with Gasteiger partial charge in [-0.25, -0.2) is 4.79 Å². The van der Waals surface area contributed by atoms with E-state index in [1.54, 1.807) is 12.1 Å². The van der Waals surface area contributed by atoms with Crippen LogP contribution in [0.2, 0.25) is 0 Å². The summed E-state index contributed by atoms with van der Waals surface area (Å²) in [4.78, 5) is 37.9. The van der Waals surface area contributed by atoms with E-state index in [0.29, 0.717) is 36.3 Å². The molecule has 150 valence electrons. The Morgan fingerprint density at radius 2 is 1.96 bits per heavy atom. The number of allylic oxidation sites excluding steroid dienone is 1. The van der Waals surface area contributed by atoms with Gasteiger partial charge in [0.2, 0.25) is 0 Å². The summed E-state index contributed by atoms with van der Waals surface area (Å²) >= 11 is 0. The van der Waals surface area contributed by atoms with Crippen molar-refractivity contribution in [1.29, 1.82) is 0 Å². The van der Waals surface area contributed by atoms with Crippen molar-refractivity contribution in [2.45, 2.75) is 44.1 Å². The lowest BCUT2D eigenvalue weighted by Gasteiger charge is -2.30. The molecule has 1 aromatic rings. The number of rotatable bonds is 6. The zero-order valence-corrected chi connectivity index (χ0v) is 16.2. The van der Waals surface area contributed by atoms with Gasteiger partial charge in [0, 0.05) is 11.1 Å². The van der Waals surface area contributed by atoms with Gasteiger partial charge in [-0.05, 0) is 31.4 Å². The summed E-state index contributed by atoms with van der Waals surface area (Å²) in [6, 6.07) is 2.54. The molecule has 0 aromatic heterocycles. The number of methoxy groups -OCH3 is 2. The Balaban J connectivity index is 1.84. The minimum atomic E-state index is -0.895. The molecule has 4 amide bonds. The summed E-state index contributed by atoms with van der Waals surface area (Å²) < 4.78 is 10.7. The summed E-state index contributed by atoms with van der Waals surface area (Å²) in [5.74, 6) is -0.0944.